The average molecular weight is 571 g/mol. The molecule has 0 radical (unpaired) electrons. The van der Waals surface area contributed by atoms with Crippen molar-refractivity contribution in [1.29, 1.82) is 0 Å². The molecule has 8 nitrogen and oxygen atoms in total. The van der Waals surface area contributed by atoms with Crippen LogP contribution in [0.25, 0.3) is 18.2 Å². The van der Waals surface area contributed by atoms with Gasteiger partial charge in [-0.1, -0.05) is 13.8 Å². The summed E-state index contributed by atoms with van der Waals surface area (Å²) in [6.45, 7) is 12.8. The lowest BCUT2D eigenvalue weighted by atomic mass is 9.96. The quantitative estimate of drug-likeness (QED) is 0.238. The summed E-state index contributed by atoms with van der Waals surface area (Å²) < 4.78 is 0. The number of nitrogens with one attached hydrogen (secondary N) is 4. The summed E-state index contributed by atoms with van der Waals surface area (Å²) in [7, 11) is 0. The Balaban J connectivity index is 1.80. The van der Waals surface area contributed by atoms with E-state index < -0.39 is 11.9 Å². The van der Waals surface area contributed by atoms with Gasteiger partial charge in [0, 0.05) is 58.4 Å². The minimum absolute atomic E-state index is 0.0132. The molecule has 0 spiro atoms. The van der Waals surface area contributed by atoms with Crippen LogP contribution in [0.15, 0.2) is 16.8 Å². The van der Waals surface area contributed by atoms with E-state index in [-0.39, 0.29) is 18.9 Å². The number of allylic oxidation sites excluding steroid dienone is 1. The second-order valence-electron chi connectivity index (χ2n) is 11.6. The van der Waals surface area contributed by atoms with Gasteiger partial charge in [0.05, 0.1) is 6.04 Å². The van der Waals surface area contributed by atoms with Crippen molar-refractivity contribution < 1.29 is 19.8 Å². The second-order valence-corrected chi connectivity index (χ2v) is 11.6. The molecule has 222 valence electrons. The lowest BCUT2D eigenvalue weighted by molar-refractivity contribution is -0.138. The topological polar surface area (TPSA) is 134 Å². The number of hydrogen-bond donors (Lipinski definition) is 6. The van der Waals surface area contributed by atoms with Gasteiger partial charge in [0.15, 0.2) is 0 Å². The van der Waals surface area contributed by atoms with Crippen LogP contribution >= 0.6 is 0 Å². The third-order valence-corrected chi connectivity index (χ3v) is 9.22. The molecule has 5 heterocycles. The molecular formula is C34H42N4O4. The lowest BCUT2D eigenvalue weighted by Crippen LogP contribution is -2.26. The summed E-state index contributed by atoms with van der Waals surface area (Å²) >= 11 is 0. The van der Waals surface area contributed by atoms with Crippen LogP contribution in [0.4, 0.5) is 0 Å². The molecule has 1 atom stereocenters. The maximum absolute atomic E-state index is 11.6. The number of carboxylic acids is 2. The zero-order valence-electron chi connectivity index (χ0n) is 25.5. The van der Waals surface area contributed by atoms with E-state index >= 15 is 0 Å². The Bertz CT molecular complexity index is 1760. The third kappa shape index (κ3) is 5.38. The SMILES string of the molecule is CCc1c2[nH]c(c1C)/C=c1\[nH]/c(c(C)c1CC)=C\c1[nH]c(c(CCC(=O)O)c1C)/C=C1\NC(C2)C(C)=C1CCC(=O)O. The number of aromatic nitrogens is 3. The van der Waals surface area contributed by atoms with E-state index in [4.69, 9.17) is 0 Å². The summed E-state index contributed by atoms with van der Waals surface area (Å²) in [4.78, 5) is 34.1. The Morgan fingerprint density at radius 3 is 2.02 bits per heavy atom. The highest BCUT2D eigenvalue weighted by Gasteiger charge is 2.29. The number of carbonyl (C=O) groups is 2. The van der Waals surface area contributed by atoms with Gasteiger partial charge >= 0.3 is 11.9 Å². The van der Waals surface area contributed by atoms with E-state index in [1.807, 2.05) is 6.92 Å². The molecule has 0 saturated carbocycles. The Labute approximate surface area is 246 Å². The highest BCUT2D eigenvalue weighted by molar-refractivity contribution is 5.71. The monoisotopic (exact) mass is 570 g/mol. The van der Waals surface area contributed by atoms with Crippen molar-refractivity contribution in [2.75, 3.05) is 0 Å². The fourth-order valence-corrected chi connectivity index (χ4v) is 6.76. The molecule has 5 rings (SSSR count). The van der Waals surface area contributed by atoms with E-state index in [1.54, 1.807) is 0 Å². The number of aliphatic carboxylic acids is 2. The van der Waals surface area contributed by atoms with Crippen LogP contribution in [-0.4, -0.2) is 43.1 Å². The van der Waals surface area contributed by atoms with Gasteiger partial charge in [-0.05, 0) is 116 Å². The van der Waals surface area contributed by atoms with Crippen LogP contribution in [0.1, 0.15) is 96.2 Å². The van der Waals surface area contributed by atoms with E-state index in [1.165, 1.54) is 27.9 Å². The van der Waals surface area contributed by atoms with Crippen molar-refractivity contribution in [3.63, 3.8) is 0 Å². The molecule has 6 N–H and O–H groups in total. The van der Waals surface area contributed by atoms with Gasteiger partial charge in [0.1, 0.15) is 0 Å². The maximum Gasteiger partial charge on any atom is 0.303 e. The molecule has 3 aromatic rings. The summed E-state index contributed by atoms with van der Waals surface area (Å²) in [6, 6.07) is 0.0132. The first-order valence-corrected chi connectivity index (χ1v) is 15.0. The lowest BCUT2D eigenvalue weighted by Gasteiger charge is -2.15. The van der Waals surface area contributed by atoms with E-state index in [0.717, 1.165) is 75.0 Å². The zero-order valence-corrected chi connectivity index (χ0v) is 25.5. The average Bonchev–Trinajstić information content (AvgIpc) is 3.59. The number of H-pyrrole nitrogens is 3. The molecule has 2 aliphatic heterocycles. The minimum Gasteiger partial charge on any atom is -0.481 e. The molecule has 0 fully saturated rings. The Morgan fingerprint density at radius 1 is 0.738 bits per heavy atom. The van der Waals surface area contributed by atoms with Gasteiger partial charge in [-0.2, -0.15) is 0 Å². The number of carboxylic acid groups (broad SMARTS) is 2. The Kier molecular flexibility index (Phi) is 8.08. The van der Waals surface area contributed by atoms with Crippen molar-refractivity contribution >= 4 is 30.2 Å². The first-order valence-electron chi connectivity index (χ1n) is 15.0. The highest BCUT2D eigenvalue weighted by Crippen LogP contribution is 2.34. The molecule has 0 amide bonds. The summed E-state index contributed by atoms with van der Waals surface area (Å²) in [5.41, 5.74) is 14.2. The van der Waals surface area contributed by atoms with Crippen LogP contribution in [0.3, 0.4) is 0 Å². The van der Waals surface area contributed by atoms with Gasteiger partial charge in [0.2, 0.25) is 0 Å². The van der Waals surface area contributed by atoms with Crippen LogP contribution in [0.2, 0.25) is 0 Å². The van der Waals surface area contributed by atoms with Gasteiger partial charge in [-0.25, -0.2) is 0 Å². The molecule has 0 aromatic carbocycles. The molecule has 1 unspecified atom stereocenters. The molecular weight excluding hydrogens is 528 g/mol. The van der Waals surface area contributed by atoms with Crippen molar-refractivity contribution in [2.45, 2.75) is 92.5 Å². The van der Waals surface area contributed by atoms with Crippen molar-refractivity contribution in [1.82, 2.24) is 20.3 Å². The maximum atomic E-state index is 11.6. The smallest absolute Gasteiger partial charge is 0.303 e. The standard InChI is InChI=1S/C34H42N4O4/c1-7-21-17(3)25-13-26-19(5)23(9-11-33(39)40)31(37-26)16-32-24(10-12-34(41)42)20(6)28(38-32)15-30-22(8-2)18(4)27(36-30)14-29(21)35-25/h13-14,16,28,35-38H,7-12,15H2,1-6H3,(H,39,40)(H,41,42)/b25-13-,29-14-,32-16-. The largest absolute Gasteiger partial charge is 0.481 e. The molecule has 3 aromatic heterocycles. The van der Waals surface area contributed by atoms with Gasteiger partial charge < -0.3 is 30.5 Å². The number of hydrogen-bond acceptors (Lipinski definition) is 3. The molecule has 8 bridgehead atoms. The van der Waals surface area contributed by atoms with Crippen molar-refractivity contribution in [3.8, 4) is 0 Å². The van der Waals surface area contributed by atoms with Crippen LogP contribution < -0.4 is 16.0 Å². The molecule has 8 heteroatoms. The third-order valence-electron chi connectivity index (χ3n) is 9.22. The van der Waals surface area contributed by atoms with Crippen LogP contribution in [0.5, 0.6) is 0 Å². The summed E-state index contributed by atoms with van der Waals surface area (Å²) in [5.74, 6) is -1.66. The van der Waals surface area contributed by atoms with E-state index in [0.29, 0.717) is 12.8 Å². The number of fused-ring (bicyclic) bond motifs is 8. The van der Waals surface area contributed by atoms with Crippen LogP contribution in [0, 0.1) is 20.8 Å². The first-order chi connectivity index (χ1) is 20.0. The fourth-order valence-electron chi connectivity index (χ4n) is 6.76. The molecule has 0 aliphatic carbocycles. The summed E-state index contributed by atoms with van der Waals surface area (Å²) in [5, 5.41) is 24.8. The Hall–Kier alpha value is -4.20. The van der Waals surface area contributed by atoms with Gasteiger partial charge in [-0.3, -0.25) is 9.59 Å². The number of rotatable bonds is 8. The normalized spacial score (nSPS) is 19.0. The molecule has 42 heavy (non-hydrogen) atoms. The number of aromatic amines is 3. The minimum atomic E-state index is -0.838. The van der Waals surface area contributed by atoms with Gasteiger partial charge in [-0.15, -0.1) is 0 Å². The highest BCUT2D eigenvalue weighted by atomic mass is 16.4. The molecule has 2 aliphatic rings. The predicted octanol–water partition coefficient (Wildman–Crippen LogP) is 4.45. The first kappa shape index (κ1) is 29.3. The Morgan fingerprint density at radius 2 is 1.36 bits per heavy atom. The fraction of sp³-hybridized carbons (Fsp3) is 0.412. The molecule has 0 saturated heterocycles. The van der Waals surface area contributed by atoms with Crippen molar-refractivity contribution in [2.24, 2.45) is 0 Å². The predicted molar refractivity (Wildman–Crippen MR) is 166 cm³/mol. The zero-order chi connectivity index (χ0) is 30.3. The van der Waals surface area contributed by atoms with Gasteiger partial charge in [0.25, 0.3) is 0 Å². The van der Waals surface area contributed by atoms with E-state index in [9.17, 15) is 19.8 Å². The van der Waals surface area contributed by atoms with Crippen molar-refractivity contribution in [3.05, 3.63) is 83.7 Å². The van der Waals surface area contributed by atoms with E-state index in [2.05, 4.69) is 73.1 Å². The second kappa shape index (κ2) is 11.6. The van der Waals surface area contributed by atoms with Crippen LogP contribution in [-0.2, 0) is 35.3 Å². The summed E-state index contributed by atoms with van der Waals surface area (Å²) in [6.07, 6.45) is 9.86.